The van der Waals surface area contributed by atoms with Crippen LogP contribution in [0.15, 0.2) is 42.6 Å². The summed E-state index contributed by atoms with van der Waals surface area (Å²) in [4.78, 5) is 17.9. The predicted octanol–water partition coefficient (Wildman–Crippen LogP) is 3.33. The molecular weight excluding hydrogens is 383 g/mol. The first-order valence-corrected chi connectivity index (χ1v) is 9.36. The largest absolute Gasteiger partial charge is 0.405 e. The van der Waals surface area contributed by atoms with Gasteiger partial charge in [0.2, 0.25) is 0 Å². The Kier molecular flexibility index (Phi) is 3.84. The van der Waals surface area contributed by atoms with Gasteiger partial charge in [-0.05, 0) is 24.6 Å². The lowest BCUT2D eigenvalue weighted by atomic mass is 9.76. The van der Waals surface area contributed by atoms with Gasteiger partial charge < -0.3 is 10.2 Å². The summed E-state index contributed by atoms with van der Waals surface area (Å²) in [6.07, 6.45) is -1.79. The highest BCUT2D eigenvalue weighted by Crippen LogP contribution is 2.43. The standard InChI is InChI=1S/C20H18F3N5O/c21-20(22,23)10-25-18(29)27-11-19(12-27)5-6-28-17(19)8-16(26-28)14-7-13-3-1-2-4-15(13)24-9-14/h1-4,7-9H,5-6,10-12H2,(H,25,29). The fraction of sp³-hybridized carbons (Fsp3) is 0.350. The van der Waals surface area contributed by atoms with Crippen molar-refractivity contribution in [2.45, 2.75) is 24.6 Å². The normalized spacial score (nSPS) is 17.4. The fourth-order valence-corrected chi connectivity index (χ4v) is 4.25. The number of halogens is 3. The molecule has 5 rings (SSSR count). The van der Waals surface area contributed by atoms with E-state index in [4.69, 9.17) is 5.10 Å². The minimum absolute atomic E-state index is 0.231. The molecule has 0 aliphatic carbocycles. The molecule has 2 aliphatic heterocycles. The molecule has 1 fully saturated rings. The van der Waals surface area contributed by atoms with Crippen molar-refractivity contribution in [3.05, 3.63) is 48.3 Å². The van der Waals surface area contributed by atoms with Crippen LogP contribution in [0.1, 0.15) is 12.1 Å². The number of urea groups is 1. The third-order valence-corrected chi connectivity index (χ3v) is 5.73. The topological polar surface area (TPSA) is 63.1 Å². The number of rotatable bonds is 2. The highest BCUT2D eigenvalue weighted by atomic mass is 19.4. The number of fused-ring (bicyclic) bond motifs is 3. The van der Waals surface area contributed by atoms with Crippen molar-refractivity contribution in [1.82, 2.24) is 25.0 Å². The first kappa shape index (κ1) is 18.0. The second-order valence-electron chi connectivity index (χ2n) is 7.71. The molecule has 150 valence electrons. The van der Waals surface area contributed by atoms with Gasteiger partial charge in [-0.2, -0.15) is 18.3 Å². The lowest BCUT2D eigenvalue weighted by Gasteiger charge is -2.47. The molecule has 0 radical (unpaired) electrons. The molecule has 4 heterocycles. The SMILES string of the molecule is O=C(NCC(F)(F)F)N1CC2(CCn3nc(-c4cnc5ccccc5c4)cc32)C1. The van der Waals surface area contributed by atoms with Crippen LogP contribution < -0.4 is 5.32 Å². The molecule has 9 heteroatoms. The van der Waals surface area contributed by atoms with Gasteiger partial charge in [0.15, 0.2) is 0 Å². The molecule has 1 aromatic carbocycles. The minimum Gasteiger partial charge on any atom is -0.329 e. The van der Waals surface area contributed by atoms with Crippen LogP contribution in [-0.4, -0.2) is 51.5 Å². The van der Waals surface area contributed by atoms with Crippen LogP contribution in [0.25, 0.3) is 22.2 Å². The summed E-state index contributed by atoms with van der Waals surface area (Å²) in [6.45, 7) is 0.219. The molecule has 6 nitrogen and oxygen atoms in total. The van der Waals surface area contributed by atoms with Gasteiger partial charge >= 0.3 is 12.2 Å². The number of carbonyl (C=O) groups excluding carboxylic acids is 1. The molecule has 29 heavy (non-hydrogen) atoms. The predicted molar refractivity (Wildman–Crippen MR) is 100 cm³/mol. The highest BCUT2D eigenvalue weighted by molar-refractivity contribution is 5.83. The molecule has 2 aliphatic rings. The maximum Gasteiger partial charge on any atom is 0.405 e. The zero-order valence-corrected chi connectivity index (χ0v) is 15.4. The zero-order chi connectivity index (χ0) is 20.2. The number of alkyl halides is 3. The Morgan fingerprint density at radius 2 is 2.00 bits per heavy atom. The Hall–Kier alpha value is -3.10. The third-order valence-electron chi connectivity index (χ3n) is 5.73. The van der Waals surface area contributed by atoms with E-state index in [1.807, 2.05) is 46.4 Å². The number of likely N-dealkylation sites (tertiary alicyclic amines) is 1. The number of carbonyl (C=O) groups is 1. The lowest BCUT2D eigenvalue weighted by Crippen LogP contribution is -2.62. The molecule has 0 saturated carbocycles. The van der Waals surface area contributed by atoms with Gasteiger partial charge in [-0.25, -0.2) is 4.79 Å². The molecule has 3 aromatic rings. The number of hydrogen-bond acceptors (Lipinski definition) is 3. The Balaban J connectivity index is 1.34. The van der Waals surface area contributed by atoms with Crippen molar-refractivity contribution in [3.63, 3.8) is 0 Å². The van der Waals surface area contributed by atoms with Crippen molar-refractivity contribution in [2.75, 3.05) is 19.6 Å². The van der Waals surface area contributed by atoms with E-state index in [2.05, 4.69) is 4.98 Å². The number of aromatic nitrogens is 3. The van der Waals surface area contributed by atoms with E-state index >= 15 is 0 Å². The van der Waals surface area contributed by atoms with Gasteiger partial charge in [-0.15, -0.1) is 0 Å². The van der Waals surface area contributed by atoms with Crippen molar-refractivity contribution in [2.24, 2.45) is 0 Å². The van der Waals surface area contributed by atoms with Gasteiger partial charge in [0.1, 0.15) is 6.54 Å². The zero-order valence-electron chi connectivity index (χ0n) is 15.4. The molecule has 2 aromatic heterocycles. The number of nitrogens with zero attached hydrogens (tertiary/aromatic N) is 4. The maximum atomic E-state index is 12.3. The van der Waals surface area contributed by atoms with Crippen LogP contribution in [-0.2, 0) is 12.0 Å². The molecule has 1 saturated heterocycles. The van der Waals surface area contributed by atoms with Crippen molar-refractivity contribution < 1.29 is 18.0 Å². The second-order valence-corrected chi connectivity index (χ2v) is 7.71. The van der Waals surface area contributed by atoms with E-state index in [1.165, 1.54) is 4.90 Å². The van der Waals surface area contributed by atoms with Crippen LogP contribution in [0.3, 0.4) is 0 Å². The van der Waals surface area contributed by atoms with Gasteiger partial charge in [-0.3, -0.25) is 9.67 Å². The number of hydrogen-bond donors (Lipinski definition) is 1. The van der Waals surface area contributed by atoms with E-state index in [0.717, 1.165) is 40.8 Å². The van der Waals surface area contributed by atoms with E-state index < -0.39 is 18.8 Å². The van der Waals surface area contributed by atoms with Crippen molar-refractivity contribution in [3.8, 4) is 11.3 Å². The molecule has 0 unspecified atom stereocenters. The third kappa shape index (κ3) is 3.10. The summed E-state index contributed by atoms with van der Waals surface area (Å²) in [7, 11) is 0. The number of amides is 2. The first-order valence-electron chi connectivity index (χ1n) is 9.36. The molecule has 0 atom stereocenters. The quantitative estimate of drug-likeness (QED) is 0.717. The first-order chi connectivity index (χ1) is 13.8. The summed E-state index contributed by atoms with van der Waals surface area (Å²) < 4.78 is 38.9. The number of nitrogens with one attached hydrogen (secondary N) is 1. The summed E-state index contributed by atoms with van der Waals surface area (Å²) >= 11 is 0. The summed E-state index contributed by atoms with van der Waals surface area (Å²) in [5.41, 5.74) is 3.45. The van der Waals surface area contributed by atoms with Crippen molar-refractivity contribution in [1.29, 1.82) is 0 Å². The Morgan fingerprint density at radius 3 is 2.79 bits per heavy atom. The number of para-hydroxylation sites is 1. The highest BCUT2D eigenvalue weighted by Gasteiger charge is 2.51. The average Bonchev–Trinajstić information content (AvgIpc) is 3.23. The number of benzene rings is 1. The molecular formula is C20H18F3N5O. The summed E-state index contributed by atoms with van der Waals surface area (Å²) in [6, 6.07) is 11.2. The van der Waals surface area contributed by atoms with Crippen LogP contribution >= 0.6 is 0 Å². The smallest absolute Gasteiger partial charge is 0.329 e. The van der Waals surface area contributed by atoms with Crippen LogP contribution in [0.4, 0.5) is 18.0 Å². The second kappa shape index (κ2) is 6.20. The Morgan fingerprint density at radius 1 is 1.21 bits per heavy atom. The van der Waals surface area contributed by atoms with E-state index in [0.29, 0.717) is 13.1 Å². The Labute approximate surface area is 164 Å². The molecule has 1 N–H and O–H groups in total. The lowest BCUT2D eigenvalue weighted by molar-refractivity contribution is -0.123. The van der Waals surface area contributed by atoms with E-state index in [1.54, 1.807) is 6.20 Å². The monoisotopic (exact) mass is 401 g/mol. The van der Waals surface area contributed by atoms with Gasteiger partial charge in [0.05, 0.1) is 11.2 Å². The Bertz CT molecular complexity index is 1100. The van der Waals surface area contributed by atoms with Gasteiger partial charge in [0, 0.05) is 47.9 Å². The minimum atomic E-state index is -4.41. The molecule has 2 amide bonds. The van der Waals surface area contributed by atoms with Gasteiger partial charge in [-0.1, -0.05) is 18.2 Å². The van der Waals surface area contributed by atoms with Crippen LogP contribution in [0.2, 0.25) is 0 Å². The van der Waals surface area contributed by atoms with Gasteiger partial charge in [0.25, 0.3) is 0 Å². The molecule has 0 bridgehead atoms. The van der Waals surface area contributed by atoms with Crippen LogP contribution in [0.5, 0.6) is 0 Å². The van der Waals surface area contributed by atoms with E-state index in [9.17, 15) is 18.0 Å². The van der Waals surface area contributed by atoms with Crippen molar-refractivity contribution >= 4 is 16.9 Å². The molecule has 1 spiro atoms. The van der Waals surface area contributed by atoms with E-state index in [-0.39, 0.29) is 5.41 Å². The fourth-order valence-electron chi connectivity index (χ4n) is 4.25. The summed E-state index contributed by atoms with van der Waals surface area (Å²) in [5.74, 6) is 0. The average molecular weight is 401 g/mol. The maximum absolute atomic E-state index is 12.3. The number of aryl methyl sites for hydroxylation is 1. The number of pyridine rings is 1. The summed E-state index contributed by atoms with van der Waals surface area (Å²) in [5, 5.41) is 7.66. The van der Waals surface area contributed by atoms with Crippen LogP contribution in [0, 0.1) is 0 Å².